The Balaban J connectivity index is 1.72. The van der Waals surface area contributed by atoms with E-state index in [1.807, 2.05) is 54.6 Å². The SMILES string of the molecule is CN(C(=O)OCc1ccccc1)[C@H](CN1CCCC1)c1ccccc1Cl. The van der Waals surface area contributed by atoms with E-state index in [1.165, 1.54) is 12.8 Å². The van der Waals surface area contributed by atoms with Crippen molar-refractivity contribution < 1.29 is 9.53 Å². The van der Waals surface area contributed by atoms with Crippen molar-refractivity contribution in [3.05, 3.63) is 70.7 Å². The van der Waals surface area contributed by atoms with E-state index in [2.05, 4.69) is 4.90 Å². The second-order valence-electron chi connectivity index (χ2n) is 6.70. The smallest absolute Gasteiger partial charge is 0.410 e. The van der Waals surface area contributed by atoms with Gasteiger partial charge in [-0.1, -0.05) is 60.1 Å². The second-order valence-corrected chi connectivity index (χ2v) is 7.10. The number of halogens is 1. The van der Waals surface area contributed by atoms with Gasteiger partial charge in [-0.25, -0.2) is 4.79 Å². The highest BCUT2D eigenvalue weighted by atomic mass is 35.5. The van der Waals surface area contributed by atoms with Crippen LogP contribution < -0.4 is 0 Å². The fraction of sp³-hybridized carbons (Fsp3) is 0.381. The van der Waals surface area contributed by atoms with E-state index in [9.17, 15) is 4.79 Å². The Hall–Kier alpha value is -2.04. The van der Waals surface area contributed by atoms with Crippen LogP contribution in [0.4, 0.5) is 4.79 Å². The van der Waals surface area contributed by atoms with Crippen LogP contribution in [0.1, 0.15) is 30.0 Å². The van der Waals surface area contributed by atoms with Gasteiger partial charge in [0.05, 0.1) is 6.04 Å². The first kappa shape index (κ1) is 18.7. The van der Waals surface area contributed by atoms with Crippen molar-refractivity contribution in [1.29, 1.82) is 0 Å². The van der Waals surface area contributed by atoms with Crippen LogP contribution in [0.25, 0.3) is 0 Å². The Morgan fingerprint density at radius 3 is 2.46 bits per heavy atom. The predicted molar refractivity (Wildman–Crippen MR) is 104 cm³/mol. The molecule has 2 aromatic rings. The maximum absolute atomic E-state index is 12.7. The molecule has 26 heavy (non-hydrogen) atoms. The zero-order valence-electron chi connectivity index (χ0n) is 15.1. The van der Waals surface area contributed by atoms with Gasteiger partial charge in [0, 0.05) is 18.6 Å². The van der Waals surface area contributed by atoms with E-state index in [0.717, 1.165) is 30.8 Å². The monoisotopic (exact) mass is 372 g/mol. The lowest BCUT2D eigenvalue weighted by Gasteiger charge is -2.32. The lowest BCUT2D eigenvalue weighted by molar-refractivity contribution is 0.0834. The van der Waals surface area contributed by atoms with Crippen molar-refractivity contribution in [2.75, 3.05) is 26.7 Å². The lowest BCUT2D eigenvalue weighted by Crippen LogP contribution is -2.38. The number of ether oxygens (including phenoxy) is 1. The highest BCUT2D eigenvalue weighted by molar-refractivity contribution is 6.31. The van der Waals surface area contributed by atoms with Crippen LogP contribution in [0.2, 0.25) is 5.02 Å². The van der Waals surface area contributed by atoms with Gasteiger partial charge in [-0.3, -0.25) is 0 Å². The van der Waals surface area contributed by atoms with Crippen molar-refractivity contribution in [2.45, 2.75) is 25.5 Å². The average Bonchev–Trinajstić information content (AvgIpc) is 3.18. The standard InChI is InChI=1S/C21H25ClN2O2/c1-23(21(25)26-16-17-9-3-2-4-10-17)20(15-24-13-7-8-14-24)18-11-5-6-12-19(18)22/h2-6,9-12,20H,7-8,13-16H2,1H3/t20-/m1/s1. The molecule has 0 radical (unpaired) electrons. The molecule has 1 amide bonds. The number of hydrogen-bond acceptors (Lipinski definition) is 3. The molecule has 1 aliphatic heterocycles. The van der Waals surface area contributed by atoms with Gasteiger partial charge >= 0.3 is 6.09 Å². The van der Waals surface area contributed by atoms with Crippen LogP contribution in [0, 0.1) is 0 Å². The number of rotatable bonds is 6. The van der Waals surface area contributed by atoms with Gasteiger partial charge in [-0.05, 0) is 43.1 Å². The predicted octanol–water partition coefficient (Wildman–Crippen LogP) is 4.75. The molecule has 0 spiro atoms. The number of carbonyl (C=O) groups is 1. The molecule has 0 aliphatic carbocycles. The highest BCUT2D eigenvalue weighted by Gasteiger charge is 2.27. The van der Waals surface area contributed by atoms with Gasteiger partial charge in [0.1, 0.15) is 6.61 Å². The van der Waals surface area contributed by atoms with Gasteiger partial charge in [0.2, 0.25) is 0 Å². The molecule has 1 aliphatic rings. The van der Waals surface area contributed by atoms with Crippen molar-refractivity contribution >= 4 is 17.7 Å². The van der Waals surface area contributed by atoms with Crippen LogP contribution in [-0.2, 0) is 11.3 Å². The first-order chi connectivity index (χ1) is 12.6. The fourth-order valence-electron chi connectivity index (χ4n) is 3.33. The summed E-state index contributed by atoms with van der Waals surface area (Å²) in [6.07, 6.45) is 2.08. The van der Waals surface area contributed by atoms with E-state index < -0.39 is 0 Å². The Morgan fingerprint density at radius 2 is 1.77 bits per heavy atom. The van der Waals surface area contributed by atoms with E-state index >= 15 is 0 Å². The van der Waals surface area contributed by atoms with E-state index in [-0.39, 0.29) is 18.7 Å². The largest absolute Gasteiger partial charge is 0.445 e. The van der Waals surface area contributed by atoms with Crippen LogP contribution >= 0.6 is 11.6 Å². The molecule has 3 rings (SSSR count). The van der Waals surface area contributed by atoms with Crippen molar-refractivity contribution in [1.82, 2.24) is 9.80 Å². The molecule has 4 nitrogen and oxygen atoms in total. The van der Waals surface area contributed by atoms with E-state index in [1.54, 1.807) is 11.9 Å². The third-order valence-corrected chi connectivity index (χ3v) is 5.20. The van der Waals surface area contributed by atoms with E-state index in [4.69, 9.17) is 16.3 Å². The molecule has 1 fully saturated rings. The summed E-state index contributed by atoms with van der Waals surface area (Å²) in [6.45, 7) is 3.16. The first-order valence-corrected chi connectivity index (χ1v) is 9.43. The number of carbonyl (C=O) groups excluding carboxylic acids is 1. The molecule has 0 bridgehead atoms. The summed E-state index contributed by atoms with van der Waals surface area (Å²) < 4.78 is 5.52. The number of hydrogen-bond donors (Lipinski definition) is 0. The van der Waals surface area contributed by atoms with Crippen LogP contribution in [0.5, 0.6) is 0 Å². The van der Waals surface area contributed by atoms with Crippen LogP contribution in [0.15, 0.2) is 54.6 Å². The third kappa shape index (κ3) is 4.77. The molecule has 1 atom stereocenters. The zero-order chi connectivity index (χ0) is 18.4. The Labute approximate surface area is 160 Å². The number of benzene rings is 2. The minimum atomic E-state index is -0.335. The molecule has 2 aromatic carbocycles. The zero-order valence-corrected chi connectivity index (χ0v) is 15.9. The summed E-state index contributed by atoms with van der Waals surface area (Å²) in [6, 6.07) is 17.3. The Morgan fingerprint density at radius 1 is 1.12 bits per heavy atom. The molecule has 0 aromatic heterocycles. The van der Waals surface area contributed by atoms with Crippen molar-refractivity contribution in [3.8, 4) is 0 Å². The van der Waals surface area contributed by atoms with Gasteiger partial charge < -0.3 is 14.5 Å². The highest BCUT2D eigenvalue weighted by Crippen LogP contribution is 2.29. The summed E-state index contributed by atoms with van der Waals surface area (Å²) in [5.74, 6) is 0. The maximum atomic E-state index is 12.7. The average molecular weight is 373 g/mol. The summed E-state index contributed by atoms with van der Waals surface area (Å²) in [4.78, 5) is 16.7. The summed E-state index contributed by atoms with van der Waals surface area (Å²) in [5, 5.41) is 0.680. The molecular weight excluding hydrogens is 348 g/mol. The second kappa shape index (κ2) is 9.06. The quantitative estimate of drug-likeness (QED) is 0.733. The molecular formula is C21H25ClN2O2. The molecule has 1 heterocycles. The molecule has 0 N–H and O–H groups in total. The van der Waals surface area contributed by atoms with Crippen molar-refractivity contribution in [3.63, 3.8) is 0 Å². The van der Waals surface area contributed by atoms with Gasteiger partial charge in [0.25, 0.3) is 0 Å². The van der Waals surface area contributed by atoms with Gasteiger partial charge in [0.15, 0.2) is 0 Å². The Kier molecular flexibility index (Phi) is 6.53. The third-order valence-electron chi connectivity index (χ3n) is 4.85. The summed E-state index contributed by atoms with van der Waals surface area (Å²) in [5.41, 5.74) is 1.93. The summed E-state index contributed by atoms with van der Waals surface area (Å²) in [7, 11) is 1.79. The lowest BCUT2D eigenvalue weighted by atomic mass is 10.1. The van der Waals surface area contributed by atoms with Crippen LogP contribution in [0.3, 0.4) is 0 Å². The molecule has 138 valence electrons. The summed E-state index contributed by atoms with van der Waals surface area (Å²) >= 11 is 6.43. The van der Waals surface area contributed by atoms with E-state index in [0.29, 0.717) is 5.02 Å². The molecule has 5 heteroatoms. The van der Waals surface area contributed by atoms with Gasteiger partial charge in [-0.2, -0.15) is 0 Å². The molecule has 0 saturated carbocycles. The number of nitrogens with zero attached hydrogens (tertiary/aromatic N) is 2. The van der Waals surface area contributed by atoms with Crippen molar-refractivity contribution in [2.24, 2.45) is 0 Å². The maximum Gasteiger partial charge on any atom is 0.410 e. The number of likely N-dealkylation sites (N-methyl/N-ethyl adjacent to an activating group) is 1. The Bertz CT molecular complexity index is 717. The fourth-order valence-corrected chi connectivity index (χ4v) is 3.59. The first-order valence-electron chi connectivity index (χ1n) is 9.05. The minimum absolute atomic E-state index is 0.134. The number of amides is 1. The minimum Gasteiger partial charge on any atom is -0.445 e. The van der Waals surface area contributed by atoms with Gasteiger partial charge in [-0.15, -0.1) is 0 Å². The van der Waals surface area contributed by atoms with Crippen LogP contribution in [-0.4, -0.2) is 42.6 Å². The normalized spacial score (nSPS) is 15.6. The molecule has 1 saturated heterocycles. The topological polar surface area (TPSA) is 32.8 Å². The molecule has 0 unspecified atom stereocenters. The number of likely N-dealkylation sites (tertiary alicyclic amines) is 1.